The fourth-order valence-corrected chi connectivity index (χ4v) is 2.17. The fourth-order valence-electron chi connectivity index (χ4n) is 2.17. The van der Waals surface area contributed by atoms with E-state index < -0.39 is 0 Å². The van der Waals surface area contributed by atoms with Gasteiger partial charge in [-0.15, -0.1) is 0 Å². The fraction of sp³-hybridized carbons (Fsp3) is 0.125. The molecular formula is C16H14N6O. The van der Waals surface area contributed by atoms with Crippen molar-refractivity contribution in [3.63, 3.8) is 0 Å². The van der Waals surface area contributed by atoms with Crippen LogP contribution in [0.4, 0.5) is 17.3 Å². The second-order valence-corrected chi connectivity index (χ2v) is 4.77. The summed E-state index contributed by atoms with van der Waals surface area (Å²) in [6, 6.07) is 9.69. The summed E-state index contributed by atoms with van der Waals surface area (Å²) in [6.07, 6.45) is 4.65. The molecule has 7 nitrogen and oxygen atoms in total. The average Bonchev–Trinajstić information content (AvgIpc) is 2.60. The molecule has 0 radical (unpaired) electrons. The molecule has 0 spiro atoms. The third-order valence-electron chi connectivity index (χ3n) is 3.21. The van der Waals surface area contributed by atoms with Crippen LogP contribution in [-0.4, -0.2) is 33.2 Å². The number of nitrogens with zero attached hydrogens (tertiary/aromatic N) is 4. The SMILES string of the molecule is N#Cc1cnc(Nc2cc3cccc(NCCO)c3cn2)cn1. The molecule has 2 aromatic heterocycles. The predicted octanol–water partition coefficient (Wildman–Crippen LogP) is 2.04. The van der Waals surface area contributed by atoms with Crippen molar-refractivity contribution in [2.24, 2.45) is 0 Å². The van der Waals surface area contributed by atoms with Gasteiger partial charge in [0, 0.05) is 23.8 Å². The quantitative estimate of drug-likeness (QED) is 0.662. The minimum atomic E-state index is 0.0703. The van der Waals surface area contributed by atoms with Crippen LogP contribution in [0.1, 0.15) is 5.69 Å². The Hall–Kier alpha value is -3.24. The molecule has 3 rings (SSSR count). The number of benzene rings is 1. The van der Waals surface area contributed by atoms with Gasteiger partial charge in [-0.3, -0.25) is 0 Å². The molecule has 2 heterocycles. The van der Waals surface area contributed by atoms with E-state index in [2.05, 4.69) is 25.6 Å². The topological polar surface area (TPSA) is 107 Å². The molecule has 0 bridgehead atoms. The van der Waals surface area contributed by atoms with Crippen LogP contribution in [-0.2, 0) is 0 Å². The van der Waals surface area contributed by atoms with Crippen molar-refractivity contribution in [2.75, 3.05) is 23.8 Å². The van der Waals surface area contributed by atoms with E-state index in [4.69, 9.17) is 10.4 Å². The molecular weight excluding hydrogens is 292 g/mol. The summed E-state index contributed by atoms with van der Waals surface area (Å²) >= 11 is 0. The Morgan fingerprint density at radius 3 is 2.70 bits per heavy atom. The lowest BCUT2D eigenvalue weighted by Crippen LogP contribution is -2.05. The number of rotatable bonds is 5. The molecule has 0 fully saturated rings. The van der Waals surface area contributed by atoms with Gasteiger partial charge in [0.2, 0.25) is 0 Å². The standard InChI is InChI=1S/C16H14N6O/c17-7-12-8-20-16(10-19-12)22-15-6-11-2-1-3-14(18-4-5-23)13(11)9-21-15/h1-3,6,8-10,18,23H,4-5H2,(H,20,21,22). The monoisotopic (exact) mass is 306 g/mol. The lowest BCUT2D eigenvalue weighted by molar-refractivity contribution is 0.311. The van der Waals surface area contributed by atoms with Gasteiger partial charge in [-0.1, -0.05) is 12.1 Å². The Balaban J connectivity index is 1.86. The first kappa shape index (κ1) is 14.7. The van der Waals surface area contributed by atoms with Gasteiger partial charge in [0.1, 0.15) is 17.7 Å². The summed E-state index contributed by atoms with van der Waals surface area (Å²) in [5.41, 5.74) is 1.19. The largest absolute Gasteiger partial charge is 0.395 e. The van der Waals surface area contributed by atoms with E-state index in [-0.39, 0.29) is 12.3 Å². The van der Waals surface area contributed by atoms with E-state index >= 15 is 0 Å². The van der Waals surface area contributed by atoms with Crippen molar-refractivity contribution in [3.8, 4) is 6.07 Å². The number of aliphatic hydroxyl groups excluding tert-OH is 1. The summed E-state index contributed by atoms with van der Waals surface area (Å²) in [4.78, 5) is 12.4. The summed E-state index contributed by atoms with van der Waals surface area (Å²) in [6.45, 7) is 0.556. The first-order valence-electron chi connectivity index (χ1n) is 7.03. The van der Waals surface area contributed by atoms with Crippen LogP contribution in [0, 0.1) is 11.3 Å². The minimum absolute atomic E-state index is 0.0703. The summed E-state index contributed by atoms with van der Waals surface area (Å²) < 4.78 is 0. The molecule has 7 heteroatoms. The number of aliphatic hydroxyl groups is 1. The van der Waals surface area contributed by atoms with Crippen LogP contribution in [0.5, 0.6) is 0 Å². The van der Waals surface area contributed by atoms with Gasteiger partial charge in [0.05, 0.1) is 19.0 Å². The lowest BCUT2D eigenvalue weighted by Gasteiger charge is -2.10. The maximum atomic E-state index is 8.92. The van der Waals surface area contributed by atoms with E-state index in [9.17, 15) is 0 Å². The van der Waals surface area contributed by atoms with Gasteiger partial charge in [0.25, 0.3) is 0 Å². The van der Waals surface area contributed by atoms with Crippen molar-refractivity contribution in [3.05, 3.63) is 48.5 Å². The molecule has 3 aromatic rings. The molecule has 0 amide bonds. The van der Waals surface area contributed by atoms with Crippen molar-refractivity contribution >= 4 is 28.1 Å². The van der Waals surface area contributed by atoms with Crippen LogP contribution >= 0.6 is 0 Å². The van der Waals surface area contributed by atoms with E-state index in [0.29, 0.717) is 18.2 Å². The molecule has 114 valence electrons. The van der Waals surface area contributed by atoms with Crippen LogP contribution < -0.4 is 10.6 Å². The number of nitriles is 1. The van der Waals surface area contributed by atoms with Crippen molar-refractivity contribution in [1.29, 1.82) is 5.26 Å². The highest BCUT2D eigenvalue weighted by Gasteiger charge is 2.04. The first-order chi connectivity index (χ1) is 11.3. The lowest BCUT2D eigenvalue weighted by atomic mass is 10.1. The van der Waals surface area contributed by atoms with Gasteiger partial charge in [-0.05, 0) is 17.5 Å². The second kappa shape index (κ2) is 6.68. The molecule has 3 N–H and O–H groups in total. The number of nitrogens with one attached hydrogen (secondary N) is 2. The maximum absolute atomic E-state index is 8.92. The third-order valence-corrected chi connectivity index (χ3v) is 3.21. The number of anilines is 3. The number of hydrogen-bond acceptors (Lipinski definition) is 7. The van der Waals surface area contributed by atoms with E-state index in [1.807, 2.05) is 30.3 Å². The minimum Gasteiger partial charge on any atom is -0.395 e. The third kappa shape index (κ3) is 3.33. The van der Waals surface area contributed by atoms with Gasteiger partial charge in [0.15, 0.2) is 5.69 Å². The summed E-state index contributed by atoms with van der Waals surface area (Å²) in [5.74, 6) is 1.15. The number of pyridine rings is 1. The van der Waals surface area contributed by atoms with Crippen molar-refractivity contribution in [2.45, 2.75) is 0 Å². The number of aromatic nitrogens is 3. The van der Waals surface area contributed by atoms with Crippen LogP contribution in [0.15, 0.2) is 42.9 Å². The van der Waals surface area contributed by atoms with E-state index in [1.165, 1.54) is 12.4 Å². The second-order valence-electron chi connectivity index (χ2n) is 4.77. The van der Waals surface area contributed by atoms with Gasteiger partial charge < -0.3 is 15.7 Å². The van der Waals surface area contributed by atoms with Gasteiger partial charge in [-0.25, -0.2) is 15.0 Å². The van der Waals surface area contributed by atoms with Crippen molar-refractivity contribution in [1.82, 2.24) is 15.0 Å². The van der Waals surface area contributed by atoms with Gasteiger partial charge >= 0.3 is 0 Å². The van der Waals surface area contributed by atoms with Crippen LogP contribution in [0.25, 0.3) is 10.8 Å². The molecule has 0 saturated heterocycles. The molecule has 0 aliphatic rings. The first-order valence-corrected chi connectivity index (χ1v) is 7.03. The van der Waals surface area contributed by atoms with Crippen LogP contribution in [0.3, 0.4) is 0 Å². The summed E-state index contributed by atoms with van der Waals surface area (Å²) in [7, 11) is 0. The molecule has 0 saturated carbocycles. The van der Waals surface area contributed by atoms with Crippen molar-refractivity contribution < 1.29 is 5.11 Å². The van der Waals surface area contributed by atoms with E-state index in [1.54, 1.807) is 6.20 Å². The molecule has 0 aliphatic heterocycles. The maximum Gasteiger partial charge on any atom is 0.158 e. The number of fused-ring (bicyclic) bond motifs is 1. The smallest absolute Gasteiger partial charge is 0.158 e. The Bertz CT molecular complexity index is 857. The Kier molecular flexibility index (Phi) is 4.27. The van der Waals surface area contributed by atoms with E-state index in [0.717, 1.165) is 16.5 Å². The Morgan fingerprint density at radius 2 is 1.96 bits per heavy atom. The van der Waals surface area contributed by atoms with Crippen LogP contribution in [0.2, 0.25) is 0 Å². The Labute approximate surface area is 132 Å². The summed E-state index contributed by atoms with van der Waals surface area (Å²) in [5, 5.41) is 25.8. The highest BCUT2D eigenvalue weighted by molar-refractivity contribution is 5.94. The molecule has 0 aliphatic carbocycles. The Morgan fingerprint density at radius 1 is 1.09 bits per heavy atom. The predicted molar refractivity (Wildman–Crippen MR) is 87.3 cm³/mol. The molecule has 0 unspecified atom stereocenters. The zero-order valence-electron chi connectivity index (χ0n) is 12.2. The number of hydrogen-bond donors (Lipinski definition) is 3. The van der Waals surface area contributed by atoms with Gasteiger partial charge in [-0.2, -0.15) is 5.26 Å². The molecule has 23 heavy (non-hydrogen) atoms. The zero-order valence-corrected chi connectivity index (χ0v) is 12.2. The average molecular weight is 306 g/mol. The normalized spacial score (nSPS) is 10.3. The molecule has 1 aromatic carbocycles. The zero-order chi connectivity index (χ0) is 16.1. The highest BCUT2D eigenvalue weighted by Crippen LogP contribution is 2.25. The molecule has 0 atom stereocenters. The highest BCUT2D eigenvalue weighted by atomic mass is 16.3.